The number of hydrazone groups is 1. The van der Waals surface area contributed by atoms with Crippen LogP contribution in [-0.2, 0) is 14.8 Å². The predicted molar refractivity (Wildman–Crippen MR) is 139 cm³/mol. The van der Waals surface area contributed by atoms with Crippen LogP contribution in [0.2, 0.25) is 0 Å². The molecule has 0 saturated heterocycles. The molecule has 1 amide bonds. The van der Waals surface area contributed by atoms with Crippen molar-refractivity contribution in [2.45, 2.75) is 18.7 Å². The quantitative estimate of drug-likeness (QED) is 0.320. The Balaban J connectivity index is 1.61. The fraction of sp³-hybridized carbons (Fsp3) is 0.200. The molecule has 36 heavy (non-hydrogen) atoms. The number of methoxy groups -OCH3 is 1. The maximum absolute atomic E-state index is 13.6. The van der Waals surface area contributed by atoms with Gasteiger partial charge in [-0.05, 0) is 71.7 Å². The van der Waals surface area contributed by atoms with Crippen LogP contribution in [0.3, 0.4) is 0 Å². The molecule has 0 fully saturated rings. The van der Waals surface area contributed by atoms with Gasteiger partial charge < -0.3 is 14.2 Å². The average molecular weight is 574 g/mol. The fourth-order valence-electron chi connectivity index (χ4n) is 3.50. The molecule has 0 saturated carbocycles. The molecule has 11 heteroatoms. The molecule has 4 rings (SSSR count). The van der Waals surface area contributed by atoms with Gasteiger partial charge in [-0.15, -0.1) is 0 Å². The van der Waals surface area contributed by atoms with Crippen LogP contribution in [-0.4, -0.2) is 41.0 Å². The Morgan fingerprint density at radius 1 is 1.08 bits per heavy atom. The van der Waals surface area contributed by atoms with Crippen LogP contribution >= 0.6 is 15.9 Å². The van der Waals surface area contributed by atoms with Gasteiger partial charge >= 0.3 is 0 Å². The molecule has 0 aliphatic carbocycles. The van der Waals surface area contributed by atoms with Crippen molar-refractivity contribution in [3.05, 3.63) is 75.8 Å². The summed E-state index contributed by atoms with van der Waals surface area (Å²) in [5.74, 6) is 0.847. The first-order valence-electron chi connectivity index (χ1n) is 10.8. The Bertz CT molecular complexity index is 1420. The molecule has 1 aliphatic rings. The standard InChI is InChI=1S/C25H24BrN3O6S/c1-16-4-7-19(8-5-16)36(31,32)29(21-10-17(2)6-9-22(21)33-3)14-25(30)28-27-13-18-11-23-24(12-20(18)26)35-15-34-23/h4-13H,14-15H2,1-3H3,(H,28,30)/b27-13-. The van der Waals surface area contributed by atoms with Crippen molar-refractivity contribution < 1.29 is 27.4 Å². The summed E-state index contributed by atoms with van der Waals surface area (Å²) < 4.78 is 45.1. The minimum absolute atomic E-state index is 0.0530. The van der Waals surface area contributed by atoms with E-state index in [9.17, 15) is 13.2 Å². The Labute approximate surface area is 217 Å². The van der Waals surface area contributed by atoms with Gasteiger partial charge in [0.1, 0.15) is 12.3 Å². The summed E-state index contributed by atoms with van der Waals surface area (Å²) in [6, 6.07) is 15.0. The van der Waals surface area contributed by atoms with E-state index >= 15 is 0 Å². The predicted octanol–water partition coefficient (Wildman–Crippen LogP) is 4.15. The summed E-state index contributed by atoms with van der Waals surface area (Å²) in [6.07, 6.45) is 1.43. The van der Waals surface area contributed by atoms with Crippen molar-refractivity contribution in [3.63, 3.8) is 0 Å². The number of nitrogens with zero attached hydrogens (tertiary/aromatic N) is 2. The average Bonchev–Trinajstić information content (AvgIpc) is 3.30. The molecule has 9 nitrogen and oxygen atoms in total. The van der Waals surface area contributed by atoms with Crippen LogP contribution in [0.25, 0.3) is 0 Å². The number of hydrogen-bond donors (Lipinski definition) is 1. The van der Waals surface area contributed by atoms with Crippen molar-refractivity contribution in [2.75, 3.05) is 24.8 Å². The molecule has 1 N–H and O–H groups in total. The molecular formula is C25H24BrN3O6S. The van der Waals surface area contributed by atoms with Gasteiger partial charge in [0, 0.05) is 10.0 Å². The van der Waals surface area contributed by atoms with Gasteiger partial charge in [0.05, 0.1) is 23.9 Å². The molecule has 0 aromatic heterocycles. The maximum Gasteiger partial charge on any atom is 0.264 e. The highest BCUT2D eigenvalue weighted by Crippen LogP contribution is 2.36. The van der Waals surface area contributed by atoms with Crippen LogP contribution < -0.4 is 23.9 Å². The van der Waals surface area contributed by atoms with Gasteiger partial charge in [-0.1, -0.05) is 23.8 Å². The summed E-state index contributed by atoms with van der Waals surface area (Å²) in [5.41, 5.74) is 5.01. The van der Waals surface area contributed by atoms with Crippen molar-refractivity contribution in [3.8, 4) is 17.2 Å². The van der Waals surface area contributed by atoms with Crippen molar-refractivity contribution >= 4 is 43.8 Å². The molecule has 3 aromatic rings. The van der Waals surface area contributed by atoms with Crippen LogP contribution in [0.5, 0.6) is 17.2 Å². The van der Waals surface area contributed by atoms with Gasteiger partial charge in [-0.2, -0.15) is 5.10 Å². The number of halogens is 1. The zero-order chi connectivity index (χ0) is 25.9. The van der Waals surface area contributed by atoms with Crippen LogP contribution in [0.15, 0.2) is 69.1 Å². The number of carbonyl (C=O) groups excluding carboxylic acids is 1. The number of hydrogen-bond acceptors (Lipinski definition) is 7. The SMILES string of the molecule is COc1ccc(C)cc1N(CC(=O)N/N=C\c1cc2c(cc1Br)OCO2)S(=O)(=O)c1ccc(C)cc1. The minimum Gasteiger partial charge on any atom is -0.495 e. The number of fused-ring (bicyclic) bond motifs is 1. The number of ether oxygens (including phenoxy) is 3. The van der Waals surface area contributed by atoms with E-state index in [4.69, 9.17) is 14.2 Å². The molecule has 0 radical (unpaired) electrons. The first-order chi connectivity index (χ1) is 17.2. The number of benzene rings is 3. The number of carbonyl (C=O) groups is 1. The third-order valence-electron chi connectivity index (χ3n) is 5.38. The van der Waals surface area contributed by atoms with Crippen LogP contribution in [0, 0.1) is 13.8 Å². The highest BCUT2D eigenvalue weighted by Gasteiger charge is 2.29. The summed E-state index contributed by atoms with van der Waals surface area (Å²) in [7, 11) is -2.66. The monoisotopic (exact) mass is 573 g/mol. The smallest absolute Gasteiger partial charge is 0.264 e. The van der Waals surface area contributed by atoms with Gasteiger partial charge in [0.25, 0.3) is 15.9 Å². The number of amides is 1. The normalized spacial score (nSPS) is 12.6. The molecular weight excluding hydrogens is 550 g/mol. The van der Waals surface area contributed by atoms with Crippen molar-refractivity contribution in [1.82, 2.24) is 5.43 Å². The van der Waals surface area contributed by atoms with Crippen molar-refractivity contribution in [1.29, 1.82) is 0 Å². The van der Waals surface area contributed by atoms with E-state index in [0.29, 0.717) is 27.3 Å². The van der Waals surface area contributed by atoms with Gasteiger partial charge in [-0.25, -0.2) is 13.8 Å². The molecule has 1 aliphatic heterocycles. The lowest BCUT2D eigenvalue weighted by atomic mass is 10.2. The minimum atomic E-state index is -4.10. The lowest BCUT2D eigenvalue weighted by molar-refractivity contribution is -0.119. The topological polar surface area (TPSA) is 107 Å². The molecule has 1 heterocycles. The molecule has 0 atom stereocenters. The zero-order valence-corrected chi connectivity index (χ0v) is 22.2. The largest absolute Gasteiger partial charge is 0.495 e. The summed E-state index contributed by atoms with van der Waals surface area (Å²) >= 11 is 3.43. The second-order valence-corrected chi connectivity index (χ2v) is 10.7. The van der Waals surface area contributed by atoms with Crippen LogP contribution in [0.4, 0.5) is 5.69 Å². The number of aryl methyl sites for hydroxylation is 2. The zero-order valence-electron chi connectivity index (χ0n) is 19.8. The van der Waals surface area contributed by atoms with Crippen LogP contribution in [0.1, 0.15) is 16.7 Å². The van der Waals surface area contributed by atoms with Gasteiger partial charge in [0.15, 0.2) is 11.5 Å². The molecule has 0 bridgehead atoms. The first kappa shape index (κ1) is 25.5. The lowest BCUT2D eigenvalue weighted by Gasteiger charge is -2.25. The number of nitrogens with one attached hydrogen (secondary N) is 1. The highest BCUT2D eigenvalue weighted by atomic mass is 79.9. The molecule has 0 spiro atoms. The van der Waals surface area contributed by atoms with E-state index in [1.54, 1.807) is 42.5 Å². The summed E-state index contributed by atoms with van der Waals surface area (Å²) in [6.45, 7) is 3.30. The lowest BCUT2D eigenvalue weighted by Crippen LogP contribution is -2.39. The van der Waals surface area contributed by atoms with E-state index in [2.05, 4.69) is 26.5 Å². The molecule has 188 valence electrons. The summed E-state index contributed by atoms with van der Waals surface area (Å²) in [4.78, 5) is 12.9. The Kier molecular flexibility index (Phi) is 7.51. The second-order valence-electron chi connectivity index (χ2n) is 8.02. The molecule has 3 aromatic carbocycles. The van der Waals surface area contributed by atoms with E-state index in [0.717, 1.165) is 15.4 Å². The molecule has 0 unspecified atom stereocenters. The third kappa shape index (κ3) is 5.47. The summed E-state index contributed by atoms with van der Waals surface area (Å²) in [5, 5.41) is 4.00. The number of anilines is 1. The second kappa shape index (κ2) is 10.6. The van der Waals surface area contributed by atoms with E-state index < -0.39 is 22.5 Å². The Hall–Kier alpha value is -3.57. The maximum atomic E-state index is 13.6. The third-order valence-corrected chi connectivity index (χ3v) is 7.84. The van der Waals surface area contributed by atoms with E-state index in [1.807, 2.05) is 13.8 Å². The van der Waals surface area contributed by atoms with Crippen molar-refractivity contribution in [2.24, 2.45) is 5.10 Å². The van der Waals surface area contributed by atoms with E-state index in [-0.39, 0.29) is 17.4 Å². The van der Waals surface area contributed by atoms with Gasteiger partial charge in [0.2, 0.25) is 6.79 Å². The Morgan fingerprint density at radius 2 is 1.75 bits per heavy atom. The van der Waals surface area contributed by atoms with Gasteiger partial charge in [-0.3, -0.25) is 9.10 Å². The Morgan fingerprint density at radius 3 is 2.44 bits per heavy atom. The first-order valence-corrected chi connectivity index (χ1v) is 13.1. The van der Waals surface area contributed by atoms with E-state index in [1.165, 1.54) is 25.5 Å². The highest BCUT2D eigenvalue weighted by molar-refractivity contribution is 9.10. The number of sulfonamides is 1. The number of rotatable bonds is 8. The fourth-order valence-corrected chi connectivity index (χ4v) is 5.35.